The normalized spacial score (nSPS) is 15.0. The van der Waals surface area contributed by atoms with Crippen LogP contribution in [-0.4, -0.2) is 0 Å². The highest BCUT2D eigenvalue weighted by molar-refractivity contribution is 7.10. The molecular weight excluding hydrogens is 186 g/mol. The fourth-order valence-corrected chi connectivity index (χ4v) is 1.99. The first-order valence-electron chi connectivity index (χ1n) is 3.81. The molecule has 0 radical (unpaired) electrons. The van der Waals surface area contributed by atoms with Crippen LogP contribution in [0.2, 0.25) is 0 Å². The highest BCUT2D eigenvalue weighted by atomic mass is 32.1. The van der Waals surface area contributed by atoms with E-state index in [0.29, 0.717) is 6.42 Å². The summed E-state index contributed by atoms with van der Waals surface area (Å²) in [7, 11) is 0. The van der Waals surface area contributed by atoms with E-state index in [2.05, 4.69) is 6.07 Å². The van der Waals surface area contributed by atoms with Gasteiger partial charge in [-0.15, -0.1) is 11.3 Å². The number of thiophene rings is 1. The lowest BCUT2D eigenvalue weighted by molar-refractivity contribution is -0.0247. The summed E-state index contributed by atoms with van der Waals surface area (Å²) in [5.41, 5.74) is 0.955. The van der Waals surface area contributed by atoms with E-state index in [4.69, 9.17) is 14.7 Å². The van der Waals surface area contributed by atoms with Gasteiger partial charge in [-0.05, 0) is 11.4 Å². The third kappa shape index (κ3) is 1.51. The van der Waals surface area contributed by atoms with Gasteiger partial charge in [-0.3, -0.25) is 0 Å². The van der Waals surface area contributed by atoms with Gasteiger partial charge in [-0.2, -0.15) is 5.26 Å². The molecule has 3 nitrogen and oxygen atoms in total. The third-order valence-electron chi connectivity index (χ3n) is 1.73. The molecule has 0 amide bonds. The zero-order valence-electron chi connectivity index (χ0n) is 6.77. The number of ether oxygens (including phenoxy) is 2. The van der Waals surface area contributed by atoms with Crippen molar-refractivity contribution in [3.8, 4) is 6.07 Å². The van der Waals surface area contributed by atoms with E-state index < -0.39 is 0 Å². The minimum absolute atomic E-state index is 0.352. The molecule has 0 aliphatic carbocycles. The van der Waals surface area contributed by atoms with Crippen LogP contribution in [-0.2, 0) is 15.9 Å². The van der Waals surface area contributed by atoms with Crippen molar-refractivity contribution in [1.29, 1.82) is 5.26 Å². The van der Waals surface area contributed by atoms with Crippen molar-refractivity contribution in [2.45, 2.75) is 12.7 Å². The molecule has 66 valence electrons. The largest absolute Gasteiger partial charge is 0.455 e. The van der Waals surface area contributed by atoms with Gasteiger partial charge in [-0.25, -0.2) is 0 Å². The van der Waals surface area contributed by atoms with E-state index in [-0.39, 0.29) is 6.29 Å². The van der Waals surface area contributed by atoms with Gasteiger partial charge in [0.15, 0.2) is 0 Å². The number of nitrogens with zero attached hydrogens (tertiary/aromatic N) is 1. The van der Waals surface area contributed by atoms with Gasteiger partial charge in [0.2, 0.25) is 0 Å². The average molecular weight is 193 g/mol. The van der Waals surface area contributed by atoms with Gasteiger partial charge < -0.3 is 9.47 Å². The molecule has 0 aromatic carbocycles. The zero-order chi connectivity index (χ0) is 9.10. The van der Waals surface area contributed by atoms with Crippen LogP contribution in [0.1, 0.15) is 16.7 Å². The van der Waals surface area contributed by atoms with E-state index in [1.165, 1.54) is 12.5 Å². The second kappa shape index (κ2) is 3.50. The fraction of sp³-hybridized carbons (Fsp3) is 0.222. The van der Waals surface area contributed by atoms with E-state index >= 15 is 0 Å². The quantitative estimate of drug-likeness (QED) is 0.723. The van der Waals surface area contributed by atoms with Crippen molar-refractivity contribution in [2.24, 2.45) is 0 Å². The minimum atomic E-state index is -0.352. The predicted molar refractivity (Wildman–Crippen MR) is 47.7 cm³/mol. The second-order valence-corrected chi connectivity index (χ2v) is 3.51. The monoisotopic (exact) mass is 193 g/mol. The molecule has 0 fully saturated rings. The van der Waals surface area contributed by atoms with Crippen molar-refractivity contribution in [3.05, 3.63) is 34.4 Å². The second-order valence-electron chi connectivity index (χ2n) is 2.51. The van der Waals surface area contributed by atoms with Crippen LogP contribution < -0.4 is 0 Å². The highest BCUT2D eigenvalue weighted by Crippen LogP contribution is 2.30. The van der Waals surface area contributed by atoms with E-state index in [1.807, 2.05) is 11.4 Å². The van der Waals surface area contributed by atoms with Gasteiger partial charge in [0, 0.05) is 10.4 Å². The Hall–Kier alpha value is -1.47. The summed E-state index contributed by atoms with van der Waals surface area (Å²) in [6.07, 6.45) is 3.09. The lowest BCUT2D eigenvalue weighted by atomic mass is 10.2. The Balaban J connectivity index is 2.20. The van der Waals surface area contributed by atoms with Gasteiger partial charge in [0.05, 0.1) is 12.5 Å². The molecular formula is C9H7NO2S. The standard InChI is InChI=1S/C9H7NO2S/c10-3-1-8-7(2-6-13-8)9-11-4-5-12-9/h2,4-6,9H,1H2. The number of hydrogen-bond acceptors (Lipinski definition) is 4. The topological polar surface area (TPSA) is 42.2 Å². The van der Waals surface area contributed by atoms with Gasteiger partial charge in [0.1, 0.15) is 12.5 Å². The molecule has 1 aliphatic heterocycles. The molecule has 0 spiro atoms. The van der Waals surface area contributed by atoms with Crippen molar-refractivity contribution in [1.82, 2.24) is 0 Å². The summed E-state index contributed by atoms with van der Waals surface area (Å²) in [5.74, 6) is 0. The Bertz CT molecular complexity index is 356. The number of hydrogen-bond donors (Lipinski definition) is 0. The Morgan fingerprint density at radius 2 is 2.23 bits per heavy atom. The molecule has 13 heavy (non-hydrogen) atoms. The van der Waals surface area contributed by atoms with E-state index in [0.717, 1.165) is 10.4 Å². The molecule has 4 heteroatoms. The van der Waals surface area contributed by atoms with Crippen LogP contribution in [0.15, 0.2) is 24.0 Å². The summed E-state index contributed by atoms with van der Waals surface area (Å²) in [6.45, 7) is 0. The maximum absolute atomic E-state index is 8.56. The lowest BCUT2D eigenvalue weighted by Crippen LogP contribution is -1.98. The minimum Gasteiger partial charge on any atom is -0.455 e. The van der Waals surface area contributed by atoms with E-state index in [1.54, 1.807) is 11.3 Å². The molecule has 0 atom stereocenters. The van der Waals surface area contributed by atoms with Crippen LogP contribution in [0, 0.1) is 11.3 Å². The highest BCUT2D eigenvalue weighted by Gasteiger charge is 2.19. The number of nitriles is 1. The Labute approximate surface area is 79.8 Å². The summed E-state index contributed by atoms with van der Waals surface area (Å²) >= 11 is 1.55. The Kier molecular flexibility index (Phi) is 2.19. The molecule has 2 rings (SSSR count). The molecule has 0 saturated carbocycles. The third-order valence-corrected chi connectivity index (χ3v) is 2.67. The van der Waals surface area contributed by atoms with Crippen LogP contribution in [0.3, 0.4) is 0 Å². The fourth-order valence-electron chi connectivity index (χ4n) is 1.16. The van der Waals surface area contributed by atoms with Crippen LogP contribution in [0.25, 0.3) is 0 Å². The summed E-state index contributed by atoms with van der Waals surface area (Å²) in [4.78, 5) is 1.01. The van der Waals surface area contributed by atoms with Crippen molar-refractivity contribution in [3.63, 3.8) is 0 Å². The smallest absolute Gasteiger partial charge is 0.267 e. The Morgan fingerprint density at radius 1 is 1.46 bits per heavy atom. The number of rotatable bonds is 2. The molecule has 0 saturated heterocycles. The van der Waals surface area contributed by atoms with Gasteiger partial charge in [0.25, 0.3) is 6.29 Å². The molecule has 0 unspecified atom stereocenters. The van der Waals surface area contributed by atoms with Crippen LogP contribution in [0.4, 0.5) is 0 Å². The van der Waals surface area contributed by atoms with Crippen molar-refractivity contribution >= 4 is 11.3 Å². The first kappa shape index (κ1) is 8.14. The molecule has 0 N–H and O–H groups in total. The van der Waals surface area contributed by atoms with Crippen LogP contribution in [0.5, 0.6) is 0 Å². The summed E-state index contributed by atoms with van der Waals surface area (Å²) in [6, 6.07) is 4.04. The SMILES string of the molecule is N#CCc1sccc1C1OC=CO1. The maximum atomic E-state index is 8.56. The first-order chi connectivity index (χ1) is 6.42. The lowest BCUT2D eigenvalue weighted by Gasteiger charge is -2.09. The zero-order valence-corrected chi connectivity index (χ0v) is 7.58. The van der Waals surface area contributed by atoms with Crippen molar-refractivity contribution in [2.75, 3.05) is 0 Å². The average Bonchev–Trinajstić information content (AvgIpc) is 2.71. The predicted octanol–water partition coefficient (Wildman–Crippen LogP) is 2.33. The van der Waals surface area contributed by atoms with Gasteiger partial charge >= 0.3 is 0 Å². The van der Waals surface area contributed by atoms with E-state index in [9.17, 15) is 0 Å². The molecule has 2 heterocycles. The Morgan fingerprint density at radius 3 is 2.92 bits per heavy atom. The summed E-state index contributed by atoms with van der Waals surface area (Å²) in [5, 5.41) is 10.5. The summed E-state index contributed by atoms with van der Waals surface area (Å²) < 4.78 is 10.4. The van der Waals surface area contributed by atoms with Crippen LogP contribution >= 0.6 is 11.3 Å². The van der Waals surface area contributed by atoms with Crippen molar-refractivity contribution < 1.29 is 9.47 Å². The molecule has 0 bridgehead atoms. The molecule has 1 aliphatic rings. The molecule has 1 aromatic heterocycles. The molecule has 1 aromatic rings. The maximum Gasteiger partial charge on any atom is 0.267 e. The first-order valence-corrected chi connectivity index (χ1v) is 4.69. The van der Waals surface area contributed by atoms with Gasteiger partial charge in [-0.1, -0.05) is 0 Å².